The van der Waals surface area contributed by atoms with Crippen LogP contribution in [-0.4, -0.2) is 45.6 Å². The van der Waals surface area contributed by atoms with Gasteiger partial charge in [-0.25, -0.2) is 9.97 Å². The van der Waals surface area contributed by atoms with Crippen LogP contribution in [0.25, 0.3) is 0 Å². The molecule has 0 aliphatic rings. The first-order valence-corrected chi connectivity index (χ1v) is 9.10. The minimum atomic E-state index is -0.310. The number of benzene rings is 1. The first-order chi connectivity index (χ1) is 13.6. The summed E-state index contributed by atoms with van der Waals surface area (Å²) in [6, 6.07) is 8.59. The van der Waals surface area contributed by atoms with E-state index in [9.17, 15) is 9.59 Å². The van der Waals surface area contributed by atoms with E-state index in [1.807, 2.05) is 6.07 Å². The van der Waals surface area contributed by atoms with E-state index < -0.39 is 0 Å². The quantitative estimate of drug-likeness (QED) is 0.260. The molecular formula is C19H20N6O2S. The van der Waals surface area contributed by atoms with Crippen LogP contribution in [0.3, 0.4) is 0 Å². The standard InChI is InChI=1S/C19H20N6O2S/c1-2-17(26)24-16-6-4-15(5-7-16)18(27)25(13-28)9-3-8-21-19-22-11-14(10-20)12-23-19/h2,4-7,11-12,28H,1,3,8-9,13H2,(H,24,26)(H,21,22,23). The Morgan fingerprint density at radius 1 is 1.25 bits per heavy atom. The van der Waals surface area contributed by atoms with Gasteiger partial charge in [-0.05, 0) is 36.8 Å². The third-order valence-electron chi connectivity index (χ3n) is 3.71. The van der Waals surface area contributed by atoms with E-state index in [0.717, 1.165) is 0 Å². The molecular weight excluding hydrogens is 376 g/mol. The Hall–Kier alpha value is -3.38. The van der Waals surface area contributed by atoms with Gasteiger partial charge in [-0.3, -0.25) is 9.59 Å². The van der Waals surface area contributed by atoms with Crippen LogP contribution in [0, 0.1) is 11.3 Å². The minimum Gasteiger partial charge on any atom is -0.354 e. The van der Waals surface area contributed by atoms with Gasteiger partial charge in [0.2, 0.25) is 11.9 Å². The van der Waals surface area contributed by atoms with Crippen LogP contribution in [0.15, 0.2) is 49.3 Å². The van der Waals surface area contributed by atoms with Crippen LogP contribution in [0.5, 0.6) is 0 Å². The average Bonchev–Trinajstić information content (AvgIpc) is 2.74. The summed E-state index contributed by atoms with van der Waals surface area (Å²) in [6.45, 7) is 4.46. The number of carbonyl (C=O) groups is 2. The summed E-state index contributed by atoms with van der Waals surface area (Å²) >= 11 is 4.24. The number of hydrogen-bond acceptors (Lipinski definition) is 7. The second kappa shape index (κ2) is 10.7. The first kappa shape index (κ1) is 20.9. The van der Waals surface area contributed by atoms with E-state index >= 15 is 0 Å². The predicted molar refractivity (Wildman–Crippen MR) is 110 cm³/mol. The summed E-state index contributed by atoms with van der Waals surface area (Å²) in [7, 11) is 0. The van der Waals surface area contributed by atoms with Crippen molar-refractivity contribution in [3.8, 4) is 6.07 Å². The summed E-state index contributed by atoms with van der Waals surface area (Å²) in [6.07, 6.45) is 4.74. The van der Waals surface area contributed by atoms with E-state index in [1.54, 1.807) is 29.2 Å². The number of anilines is 2. The molecule has 0 aliphatic carbocycles. The lowest BCUT2D eigenvalue weighted by molar-refractivity contribution is -0.111. The molecule has 1 aromatic heterocycles. The molecule has 2 rings (SSSR count). The number of amides is 2. The van der Waals surface area contributed by atoms with Crippen molar-refractivity contribution >= 4 is 36.1 Å². The van der Waals surface area contributed by atoms with E-state index in [1.165, 1.54) is 18.5 Å². The highest BCUT2D eigenvalue weighted by Gasteiger charge is 2.14. The number of hydrogen-bond donors (Lipinski definition) is 3. The number of rotatable bonds is 9. The van der Waals surface area contributed by atoms with Crippen molar-refractivity contribution in [2.75, 3.05) is 29.6 Å². The van der Waals surface area contributed by atoms with E-state index in [-0.39, 0.29) is 17.7 Å². The molecule has 28 heavy (non-hydrogen) atoms. The topological polar surface area (TPSA) is 111 Å². The van der Waals surface area contributed by atoms with Gasteiger partial charge in [-0.1, -0.05) is 6.58 Å². The van der Waals surface area contributed by atoms with Gasteiger partial charge in [0.05, 0.1) is 23.8 Å². The summed E-state index contributed by atoms with van der Waals surface area (Å²) < 4.78 is 0. The predicted octanol–water partition coefficient (Wildman–Crippen LogP) is 2.30. The maximum atomic E-state index is 12.6. The van der Waals surface area contributed by atoms with Gasteiger partial charge in [0, 0.05) is 24.3 Å². The first-order valence-electron chi connectivity index (χ1n) is 8.47. The largest absolute Gasteiger partial charge is 0.354 e. The van der Waals surface area contributed by atoms with Gasteiger partial charge in [0.15, 0.2) is 0 Å². The van der Waals surface area contributed by atoms with Crippen molar-refractivity contribution < 1.29 is 9.59 Å². The third-order valence-corrected chi connectivity index (χ3v) is 4.05. The van der Waals surface area contributed by atoms with E-state index in [2.05, 4.69) is 39.8 Å². The molecule has 2 amide bonds. The van der Waals surface area contributed by atoms with Crippen molar-refractivity contribution in [2.45, 2.75) is 6.42 Å². The Labute approximate surface area is 168 Å². The highest BCUT2D eigenvalue weighted by atomic mass is 32.1. The van der Waals surface area contributed by atoms with E-state index in [0.29, 0.717) is 42.3 Å². The second-order valence-corrected chi connectivity index (χ2v) is 5.95. The lowest BCUT2D eigenvalue weighted by atomic mass is 10.1. The van der Waals surface area contributed by atoms with Crippen molar-refractivity contribution in [3.63, 3.8) is 0 Å². The van der Waals surface area contributed by atoms with Crippen LogP contribution in [-0.2, 0) is 4.79 Å². The molecule has 0 unspecified atom stereocenters. The molecule has 8 nitrogen and oxygen atoms in total. The lowest BCUT2D eigenvalue weighted by Gasteiger charge is -2.20. The van der Waals surface area contributed by atoms with Crippen LogP contribution >= 0.6 is 12.6 Å². The molecule has 0 atom stereocenters. The number of thiol groups is 1. The molecule has 0 bridgehead atoms. The van der Waals surface area contributed by atoms with Gasteiger partial charge in [-0.2, -0.15) is 17.9 Å². The Morgan fingerprint density at radius 2 is 1.93 bits per heavy atom. The zero-order chi connectivity index (χ0) is 20.4. The van der Waals surface area contributed by atoms with Crippen LogP contribution < -0.4 is 10.6 Å². The molecule has 0 saturated heterocycles. The number of carbonyl (C=O) groups excluding carboxylic acids is 2. The third kappa shape index (κ3) is 6.10. The fourth-order valence-corrected chi connectivity index (χ4v) is 2.53. The van der Waals surface area contributed by atoms with Crippen LogP contribution in [0.1, 0.15) is 22.3 Å². The maximum Gasteiger partial charge on any atom is 0.254 e. The zero-order valence-electron chi connectivity index (χ0n) is 15.1. The highest BCUT2D eigenvalue weighted by Crippen LogP contribution is 2.12. The normalized spacial score (nSPS) is 9.86. The highest BCUT2D eigenvalue weighted by molar-refractivity contribution is 7.80. The van der Waals surface area contributed by atoms with Gasteiger partial charge in [-0.15, -0.1) is 0 Å². The summed E-state index contributed by atoms with van der Waals surface area (Å²) in [5, 5.41) is 14.4. The molecule has 9 heteroatoms. The van der Waals surface area contributed by atoms with Gasteiger partial charge in [0.1, 0.15) is 6.07 Å². The van der Waals surface area contributed by atoms with Gasteiger partial charge in [0.25, 0.3) is 5.91 Å². The Kier molecular flexibility index (Phi) is 7.99. The molecule has 0 saturated carbocycles. The Bertz CT molecular complexity index is 861. The molecule has 2 aromatic rings. The lowest BCUT2D eigenvalue weighted by Crippen LogP contribution is -2.32. The molecule has 0 spiro atoms. The Balaban J connectivity index is 1.84. The van der Waals surface area contributed by atoms with E-state index in [4.69, 9.17) is 5.26 Å². The number of nitriles is 1. The number of aromatic nitrogens is 2. The molecule has 144 valence electrons. The minimum absolute atomic E-state index is 0.147. The monoisotopic (exact) mass is 396 g/mol. The van der Waals surface area contributed by atoms with Crippen LogP contribution in [0.4, 0.5) is 11.6 Å². The second-order valence-electron chi connectivity index (χ2n) is 5.67. The van der Waals surface area contributed by atoms with Gasteiger partial charge < -0.3 is 15.5 Å². The van der Waals surface area contributed by atoms with Crippen molar-refractivity contribution in [1.82, 2.24) is 14.9 Å². The van der Waals surface area contributed by atoms with Crippen molar-refractivity contribution in [1.29, 1.82) is 5.26 Å². The number of nitrogens with zero attached hydrogens (tertiary/aromatic N) is 4. The molecule has 1 aromatic carbocycles. The number of nitrogens with one attached hydrogen (secondary N) is 2. The smallest absolute Gasteiger partial charge is 0.254 e. The SMILES string of the molecule is C=CC(=O)Nc1ccc(C(=O)N(CS)CCCNc2ncc(C#N)cn2)cc1. The summed E-state index contributed by atoms with van der Waals surface area (Å²) in [4.78, 5) is 33.6. The fraction of sp³-hybridized carbons (Fsp3) is 0.211. The molecule has 0 fully saturated rings. The Morgan fingerprint density at radius 3 is 2.50 bits per heavy atom. The van der Waals surface area contributed by atoms with Crippen molar-refractivity contribution in [2.24, 2.45) is 0 Å². The molecule has 1 heterocycles. The maximum absolute atomic E-state index is 12.6. The fourth-order valence-electron chi connectivity index (χ4n) is 2.26. The zero-order valence-corrected chi connectivity index (χ0v) is 16.0. The molecule has 0 aliphatic heterocycles. The van der Waals surface area contributed by atoms with Crippen molar-refractivity contribution in [3.05, 3.63) is 60.4 Å². The summed E-state index contributed by atoms with van der Waals surface area (Å²) in [5.41, 5.74) is 1.49. The molecule has 0 radical (unpaired) electrons. The van der Waals surface area contributed by atoms with Gasteiger partial charge >= 0.3 is 0 Å². The molecule has 2 N–H and O–H groups in total. The average molecular weight is 396 g/mol. The summed E-state index contributed by atoms with van der Waals surface area (Å²) in [5.74, 6) is 0.252. The van der Waals surface area contributed by atoms with Crippen LogP contribution in [0.2, 0.25) is 0 Å².